The van der Waals surface area contributed by atoms with Crippen molar-refractivity contribution in [3.05, 3.63) is 12.2 Å². The van der Waals surface area contributed by atoms with Crippen LogP contribution in [0.15, 0.2) is 17.3 Å². The van der Waals surface area contributed by atoms with E-state index in [0.717, 1.165) is 11.7 Å². The number of oxime groups is 1. The summed E-state index contributed by atoms with van der Waals surface area (Å²) < 4.78 is 0. The van der Waals surface area contributed by atoms with Gasteiger partial charge in [0.1, 0.15) is 6.10 Å². The lowest BCUT2D eigenvalue weighted by Gasteiger charge is -2.30. The molecule has 0 aromatic carbocycles. The molecule has 0 aromatic heterocycles. The van der Waals surface area contributed by atoms with Crippen LogP contribution in [-0.2, 0) is 4.84 Å². The van der Waals surface area contributed by atoms with Gasteiger partial charge in [0.05, 0.1) is 11.1 Å². The second kappa shape index (κ2) is 1.97. The molecule has 1 spiro atoms. The molecular formula is C10H11NOS. The second-order valence-corrected chi connectivity index (χ2v) is 5.47. The average Bonchev–Trinajstić information content (AvgIpc) is 2.78. The van der Waals surface area contributed by atoms with Crippen LogP contribution in [0.2, 0.25) is 0 Å². The molecule has 2 heterocycles. The molecule has 13 heavy (non-hydrogen) atoms. The minimum Gasteiger partial charge on any atom is -0.391 e. The van der Waals surface area contributed by atoms with Gasteiger partial charge in [-0.25, -0.2) is 0 Å². The van der Waals surface area contributed by atoms with E-state index in [1.54, 1.807) is 0 Å². The molecule has 0 radical (unpaired) electrons. The van der Waals surface area contributed by atoms with E-state index < -0.39 is 0 Å². The number of hydrogen-bond acceptors (Lipinski definition) is 3. The fourth-order valence-electron chi connectivity index (χ4n) is 3.43. The van der Waals surface area contributed by atoms with Gasteiger partial charge in [-0.3, -0.25) is 0 Å². The van der Waals surface area contributed by atoms with Gasteiger partial charge < -0.3 is 4.84 Å². The summed E-state index contributed by atoms with van der Waals surface area (Å²) in [6.07, 6.45) is 6.44. The third-order valence-electron chi connectivity index (χ3n) is 4.07. The van der Waals surface area contributed by atoms with Crippen LogP contribution in [-0.4, -0.2) is 23.3 Å². The predicted octanol–water partition coefficient (Wildman–Crippen LogP) is 1.68. The summed E-state index contributed by atoms with van der Waals surface area (Å²) in [5.74, 6) is 3.74. The van der Waals surface area contributed by atoms with Gasteiger partial charge in [0.25, 0.3) is 0 Å². The molecule has 2 nitrogen and oxygen atoms in total. The minimum atomic E-state index is 0.337. The van der Waals surface area contributed by atoms with Gasteiger partial charge in [-0.05, 0) is 12.3 Å². The van der Waals surface area contributed by atoms with E-state index in [4.69, 9.17) is 4.84 Å². The third-order valence-corrected chi connectivity index (χ3v) is 5.23. The topological polar surface area (TPSA) is 21.6 Å². The first-order chi connectivity index (χ1) is 6.41. The van der Waals surface area contributed by atoms with Crippen molar-refractivity contribution in [2.45, 2.75) is 12.5 Å². The van der Waals surface area contributed by atoms with Gasteiger partial charge in [-0.2, -0.15) is 11.8 Å². The molecule has 0 unspecified atom stereocenters. The Balaban J connectivity index is 1.92. The SMILES string of the molecule is C1=C[C@H]2C[C@@H]1[C@]13CSCC1=NO[C@H]23. The molecule has 2 fully saturated rings. The van der Waals surface area contributed by atoms with Crippen LogP contribution in [0.1, 0.15) is 6.42 Å². The van der Waals surface area contributed by atoms with Crippen LogP contribution in [0.5, 0.6) is 0 Å². The van der Waals surface area contributed by atoms with E-state index in [1.807, 2.05) is 11.8 Å². The summed E-state index contributed by atoms with van der Waals surface area (Å²) >= 11 is 2.03. The summed E-state index contributed by atoms with van der Waals surface area (Å²) in [6.45, 7) is 0. The fraction of sp³-hybridized carbons (Fsp3) is 0.700. The lowest BCUT2D eigenvalue weighted by Crippen LogP contribution is -2.41. The molecule has 0 amide bonds. The molecule has 2 aliphatic carbocycles. The molecule has 2 bridgehead atoms. The first kappa shape index (κ1) is 6.93. The van der Waals surface area contributed by atoms with Crippen molar-refractivity contribution in [3.63, 3.8) is 0 Å². The van der Waals surface area contributed by atoms with E-state index >= 15 is 0 Å². The summed E-state index contributed by atoms with van der Waals surface area (Å²) in [7, 11) is 0. The third kappa shape index (κ3) is 0.583. The van der Waals surface area contributed by atoms with Gasteiger partial charge in [-0.15, -0.1) is 0 Å². The molecule has 2 aliphatic heterocycles. The quantitative estimate of drug-likeness (QED) is 0.546. The lowest BCUT2D eigenvalue weighted by atomic mass is 9.73. The molecule has 1 saturated heterocycles. The van der Waals surface area contributed by atoms with Crippen LogP contribution >= 0.6 is 11.8 Å². The largest absolute Gasteiger partial charge is 0.391 e. The highest BCUT2D eigenvalue weighted by Crippen LogP contribution is 2.60. The minimum absolute atomic E-state index is 0.337. The fourth-order valence-corrected chi connectivity index (χ4v) is 4.93. The molecule has 1 saturated carbocycles. The summed E-state index contributed by atoms with van der Waals surface area (Å²) in [5.41, 5.74) is 1.68. The number of nitrogens with zero attached hydrogens (tertiary/aromatic N) is 1. The van der Waals surface area contributed by atoms with Crippen molar-refractivity contribution >= 4 is 17.5 Å². The van der Waals surface area contributed by atoms with Crippen LogP contribution in [0.25, 0.3) is 0 Å². The van der Waals surface area contributed by atoms with Crippen molar-refractivity contribution in [3.8, 4) is 0 Å². The summed E-state index contributed by atoms with van der Waals surface area (Å²) in [5, 5.41) is 4.27. The highest BCUT2D eigenvalue weighted by atomic mass is 32.2. The zero-order chi connectivity index (χ0) is 8.47. The van der Waals surface area contributed by atoms with Crippen molar-refractivity contribution in [1.82, 2.24) is 0 Å². The molecule has 3 heteroatoms. The number of thioether (sulfide) groups is 1. The monoisotopic (exact) mass is 193 g/mol. The van der Waals surface area contributed by atoms with E-state index in [-0.39, 0.29) is 0 Å². The first-order valence-corrected chi connectivity index (χ1v) is 6.06. The molecular weight excluding hydrogens is 182 g/mol. The molecule has 0 N–H and O–H groups in total. The van der Waals surface area contributed by atoms with Gasteiger partial charge >= 0.3 is 0 Å². The normalized spacial score (nSPS) is 54.8. The Bertz CT molecular complexity index is 338. The average molecular weight is 193 g/mol. The Hall–Kier alpha value is -0.440. The second-order valence-electron chi connectivity index (χ2n) is 4.49. The zero-order valence-electron chi connectivity index (χ0n) is 7.27. The standard InChI is InChI=1S/C10H11NOS/c1-2-7-3-6(1)9-10(7)5-13-4-8(10)11-12-9/h1-2,6-7,9H,3-5H2/t6-,7+,9+,10+/m0/s1. The van der Waals surface area contributed by atoms with Crippen LogP contribution in [0.3, 0.4) is 0 Å². The molecule has 4 rings (SSSR count). The van der Waals surface area contributed by atoms with Crippen molar-refractivity contribution in [2.24, 2.45) is 22.4 Å². The Morgan fingerprint density at radius 1 is 1.54 bits per heavy atom. The highest BCUT2D eigenvalue weighted by molar-refractivity contribution is 8.00. The molecule has 4 aliphatic rings. The number of allylic oxidation sites excluding steroid dienone is 1. The van der Waals surface area contributed by atoms with E-state index in [2.05, 4.69) is 17.3 Å². The molecule has 68 valence electrons. The van der Waals surface area contributed by atoms with Gasteiger partial charge in [-0.1, -0.05) is 17.3 Å². The van der Waals surface area contributed by atoms with Crippen molar-refractivity contribution in [1.29, 1.82) is 0 Å². The predicted molar refractivity (Wildman–Crippen MR) is 52.8 cm³/mol. The maximum Gasteiger partial charge on any atom is 0.146 e. The number of fused-ring (bicyclic) bond motifs is 3. The smallest absolute Gasteiger partial charge is 0.146 e. The summed E-state index contributed by atoms with van der Waals surface area (Å²) in [6, 6.07) is 0. The molecule has 4 atom stereocenters. The van der Waals surface area contributed by atoms with Crippen molar-refractivity contribution in [2.75, 3.05) is 11.5 Å². The van der Waals surface area contributed by atoms with Crippen LogP contribution in [0, 0.1) is 17.3 Å². The first-order valence-electron chi connectivity index (χ1n) is 4.90. The molecule has 0 aromatic rings. The maximum atomic E-state index is 5.59. The van der Waals surface area contributed by atoms with Gasteiger partial charge in [0, 0.05) is 17.4 Å². The lowest BCUT2D eigenvalue weighted by molar-refractivity contribution is 0.0237. The van der Waals surface area contributed by atoms with Crippen LogP contribution in [0.4, 0.5) is 0 Å². The number of hydrogen-bond donors (Lipinski definition) is 0. The summed E-state index contributed by atoms with van der Waals surface area (Å²) in [4.78, 5) is 5.59. The Labute approximate surface area is 81.4 Å². The number of rotatable bonds is 0. The van der Waals surface area contributed by atoms with Crippen molar-refractivity contribution < 1.29 is 4.84 Å². The van der Waals surface area contributed by atoms with Gasteiger partial charge in [0.15, 0.2) is 0 Å². The Morgan fingerprint density at radius 2 is 2.54 bits per heavy atom. The zero-order valence-corrected chi connectivity index (χ0v) is 8.09. The van der Waals surface area contributed by atoms with E-state index in [1.165, 1.54) is 17.9 Å². The van der Waals surface area contributed by atoms with Crippen LogP contribution < -0.4 is 0 Å². The van der Waals surface area contributed by atoms with E-state index in [9.17, 15) is 0 Å². The highest BCUT2D eigenvalue weighted by Gasteiger charge is 2.65. The van der Waals surface area contributed by atoms with Gasteiger partial charge in [0.2, 0.25) is 0 Å². The Morgan fingerprint density at radius 3 is 3.54 bits per heavy atom. The maximum absolute atomic E-state index is 5.59. The van der Waals surface area contributed by atoms with E-state index in [0.29, 0.717) is 17.4 Å². The Kier molecular flexibility index (Phi) is 1.05.